The summed E-state index contributed by atoms with van der Waals surface area (Å²) in [6.45, 7) is 6.33. The van der Waals surface area contributed by atoms with E-state index in [1.165, 1.54) is 5.01 Å². The molecule has 5 rings (SSSR count). The van der Waals surface area contributed by atoms with Gasteiger partial charge in [-0.2, -0.15) is 5.01 Å². The molecule has 2 heterocycles. The molecule has 3 aromatic rings. The van der Waals surface area contributed by atoms with Gasteiger partial charge in [-0.25, -0.2) is 9.80 Å². The van der Waals surface area contributed by atoms with Gasteiger partial charge < -0.3 is 20.2 Å². The summed E-state index contributed by atoms with van der Waals surface area (Å²) in [6.07, 6.45) is 12.7. The molecular formula is C39H41N5O4. The number of rotatable bonds is 11. The zero-order valence-corrected chi connectivity index (χ0v) is 27.1. The average molecular weight is 644 g/mol. The van der Waals surface area contributed by atoms with Crippen LogP contribution in [0.4, 0.5) is 4.79 Å². The number of allylic oxidation sites excluding steroid dienone is 4. The molecule has 3 atom stereocenters. The van der Waals surface area contributed by atoms with E-state index in [2.05, 4.69) is 17.8 Å². The number of carbonyl (C=O) groups is 3. The third-order valence-electron chi connectivity index (χ3n) is 8.73. The Hall–Kier alpha value is -5.59. The molecule has 9 heteroatoms. The van der Waals surface area contributed by atoms with Crippen LogP contribution in [0.2, 0.25) is 0 Å². The second kappa shape index (κ2) is 15.8. The fourth-order valence-corrected chi connectivity index (χ4v) is 6.41. The zero-order valence-electron chi connectivity index (χ0n) is 27.1. The van der Waals surface area contributed by atoms with E-state index >= 15 is 0 Å². The second-order valence-corrected chi connectivity index (χ2v) is 11.8. The minimum atomic E-state index is -0.896. The quantitative estimate of drug-likeness (QED) is 0.230. The summed E-state index contributed by atoms with van der Waals surface area (Å²) in [5.74, 6) is 1.99. The fourth-order valence-electron chi connectivity index (χ4n) is 6.41. The minimum absolute atomic E-state index is 0.0348. The van der Waals surface area contributed by atoms with Gasteiger partial charge in [-0.05, 0) is 41.3 Å². The first kappa shape index (κ1) is 33.8. The molecule has 2 saturated heterocycles. The molecular weight excluding hydrogens is 602 g/mol. The minimum Gasteiger partial charge on any atom is -0.508 e. The van der Waals surface area contributed by atoms with Crippen molar-refractivity contribution in [3.05, 3.63) is 138 Å². The Kier molecular flexibility index (Phi) is 11.1. The zero-order chi connectivity index (χ0) is 34.0. The van der Waals surface area contributed by atoms with Crippen LogP contribution in [0, 0.1) is 12.3 Å². The Morgan fingerprint density at radius 2 is 1.73 bits per heavy atom. The maximum atomic E-state index is 14.5. The summed E-state index contributed by atoms with van der Waals surface area (Å²) in [5.41, 5.74) is 3.71. The number of benzene rings is 3. The van der Waals surface area contributed by atoms with E-state index in [9.17, 15) is 19.5 Å². The third kappa shape index (κ3) is 7.68. The van der Waals surface area contributed by atoms with Crippen molar-refractivity contribution in [1.29, 1.82) is 0 Å². The number of nitrogens with one attached hydrogen (secondary N) is 1. The number of hydrogen-bond acceptors (Lipinski definition) is 5. The van der Waals surface area contributed by atoms with Gasteiger partial charge in [0, 0.05) is 25.4 Å². The molecule has 246 valence electrons. The van der Waals surface area contributed by atoms with Crippen LogP contribution in [0.25, 0.3) is 0 Å². The van der Waals surface area contributed by atoms with Crippen LogP contribution in [0.5, 0.6) is 5.75 Å². The van der Waals surface area contributed by atoms with Crippen LogP contribution >= 0.6 is 0 Å². The molecule has 9 nitrogen and oxygen atoms in total. The Morgan fingerprint density at radius 1 is 1.04 bits per heavy atom. The summed E-state index contributed by atoms with van der Waals surface area (Å²) >= 11 is 0. The number of fused-ring (bicyclic) bond motifs is 1. The summed E-state index contributed by atoms with van der Waals surface area (Å²) in [4.78, 5) is 45.8. The van der Waals surface area contributed by atoms with Gasteiger partial charge in [0.15, 0.2) is 0 Å². The molecule has 0 radical (unpaired) electrons. The number of hydrazine groups is 1. The Balaban J connectivity index is 1.55. The van der Waals surface area contributed by atoms with Gasteiger partial charge in [0.2, 0.25) is 11.8 Å². The van der Waals surface area contributed by atoms with E-state index < -0.39 is 18.2 Å². The normalized spacial score (nSPS) is 19.2. The van der Waals surface area contributed by atoms with Crippen molar-refractivity contribution in [3.63, 3.8) is 0 Å². The number of piperazine rings is 1. The smallest absolute Gasteiger partial charge is 0.334 e. The molecule has 1 unspecified atom stereocenters. The Morgan fingerprint density at radius 3 is 2.38 bits per heavy atom. The SMILES string of the molecule is C#CCN1CC(=O)N2[C@@H](Cc3ccc(O)cc3)C(=O)N(CC(C(/C=C\C=C)=C/C)c3ccccc3)C[C@@H]2N1C(=O)NCc1ccccc1. The van der Waals surface area contributed by atoms with Gasteiger partial charge >= 0.3 is 6.03 Å². The molecule has 48 heavy (non-hydrogen) atoms. The molecule has 0 bridgehead atoms. The molecule has 2 aliphatic heterocycles. The standard InChI is InChI=1S/C39H41N5O4/c1-4-7-16-31(6-3)34(32-17-12-9-13-18-32)26-41-27-36-43(35(38(41)47)24-29-19-21-33(45)22-20-29)37(46)28-42(23-5-2)44(36)39(48)40-25-30-14-10-8-11-15-30/h2,4,6-22,34-36,45H,1,23-28H2,3H3,(H,40,48)/b16-7-,31-6+/t34?,35-,36-/m0/s1. The molecule has 2 N–H and O–H groups in total. The van der Waals surface area contributed by atoms with Crippen LogP contribution in [0.3, 0.4) is 0 Å². The average Bonchev–Trinajstić information content (AvgIpc) is 3.10. The Labute approximate surface area is 282 Å². The summed E-state index contributed by atoms with van der Waals surface area (Å²) < 4.78 is 0. The van der Waals surface area contributed by atoms with Gasteiger partial charge in [0.05, 0.1) is 19.6 Å². The predicted octanol–water partition coefficient (Wildman–Crippen LogP) is 4.85. The number of aromatic hydroxyl groups is 1. The maximum absolute atomic E-state index is 14.5. The molecule has 3 aromatic carbocycles. The molecule has 0 aromatic heterocycles. The van der Waals surface area contributed by atoms with Gasteiger partial charge in [-0.15, -0.1) is 6.42 Å². The molecule has 2 fully saturated rings. The topological polar surface area (TPSA) is 96.4 Å². The van der Waals surface area contributed by atoms with E-state index in [1.807, 2.05) is 85.8 Å². The van der Waals surface area contributed by atoms with Crippen LogP contribution in [-0.2, 0) is 22.6 Å². The number of phenolic OH excluding ortho intramolecular Hbond substituents is 1. The molecule has 4 amide bonds. The van der Waals surface area contributed by atoms with Gasteiger partial charge in [-0.3, -0.25) is 9.59 Å². The van der Waals surface area contributed by atoms with Crippen molar-refractivity contribution in [1.82, 2.24) is 25.1 Å². The maximum Gasteiger partial charge on any atom is 0.334 e. The number of nitrogens with zero attached hydrogens (tertiary/aromatic N) is 4. The highest BCUT2D eigenvalue weighted by atomic mass is 16.3. The van der Waals surface area contributed by atoms with Crippen LogP contribution in [0.1, 0.15) is 29.5 Å². The molecule has 2 aliphatic rings. The van der Waals surface area contributed by atoms with Crippen LogP contribution in [0.15, 0.2) is 121 Å². The second-order valence-electron chi connectivity index (χ2n) is 11.8. The van der Waals surface area contributed by atoms with E-state index in [0.29, 0.717) is 6.54 Å². The lowest BCUT2D eigenvalue weighted by molar-refractivity contribution is -0.188. The van der Waals surface area contributed by atoms with Gasteiger partial charge in [0.25, 0.3) is 0 Å². The van der Waals surface area contributed by atoms with E-state index in [1.54, 1.807) is 45.2 Å². The number of phenols is 1. The van der Waals surface area contributed by atoms with Crippen molar-refractivity contribution < 1.29 is 19.5 Å². The first-order valence-corrected chi connectivity index (χ1v) is 16.0. The lowest BCUT2D eigenvalue weighted by atomic mass is 9.88. The molecule has 0 saturated carbocycles. The number of hydrogen-bond donors (Lipinski definition) is 2. The first-order chi connectivity index (χ1) is 23.3. The summed E-state index contributed by atoms with van der Waals surface area (Å²) in [6, 6.07) is 24.8. The van der Waals surface area contributed by atoms with E-state index in [-0.39, 0.29) is 56.1 Å². The highest BCUT2D eigenvalue weighted by molar-refractivity contribution is 5.92. The molecule has 0 spiro atoms. The highest BCUT2D eigenvalue weighted by Gasteiger charge is 2.51. The largest absolute Gasteiger partial charge is 0.508 e. The number of amides is 4. The van der Waals surface area contributed by atoms with Crippen LogP contribution < -0.4 is 5.32 Å². The predicted molar refractivity (Wildman–Crippen MR) is 186 cm³/mol. The Bertz CT molecular complexity index is 1700. The summed E-state index contributed by atoms with van der Waals surface area (Å²) in [5, 5.41) is 16.0. The summed E-state index contributed by atoms with van der Waals surface area (Å²) in [7, 11) is 0. The van der Waals surface area contributed by atoms with Crippen molar-refractivity contribution in [2.45, 2.75) is 38.0 Å². The van der Waals surface area contributed by atoms with Crippen molar-refractivity contribution in [2.24, 2.45) is 0 Å². The molecule has 0 aliphatic carbocycles. The monoisotopic (exact) mass is 643 g/mol. The van der Waals surface area contributed by atoms with E-state index in [4.69, 9.17) is 6.42 Å². The fraction of sp³-hybridized carbons (Fsp3) is 0.256. The lowest BCUT2D eigenvalue weighted by Crippen LogP contribution is -2.76. The lowest BCUT2D eigenvalue weighted by Gasteiger charge is -2.55. The van der Waals surface area contributed by atoms with Crippen molar-refractivity contribution in [2.75, 3.05) is 26.2 Å². The van der Waals surface area contributed by atoms with Gasteiger partial charge in [0.1, 0.15) is 18.0 Å². The number of terminal acetylenes is 1. The third-order valence-corrected chi connectivity index (χ3v) is 8.73. The van der Waals surface area contributed by atoms with E-state index in [0.717, 1.165) is 22.3 Å². The van der Waals surface area contributed by atoms with Crippen molar-refractivity contribution >= 4 is 17.8 Å². The van der Waals surface area contributed by atoms with Crippen molar-refractivity contribution in [3.8, 4) is 18.1 Å². The first-order valence-electron chi connectivity index (χ1n) is 16.0. The van der Waals surface area contributed by atoms with Crippen LogP contribution in [-0.4, -0.2) is 81.2 Å². The number of urea groups is 1. The highest BCUT2D eigenvalue weighted by Crippen LogP contribution is 2.33. The van der Waals surface area contributed by atoms with Gasteiger partial charge in [-0.1, -0.05) is 110 Å². The number of carbonyl (C=O) groups excluding carboxylic acids is 3.